The Labute approximate surface area is 190 Å². The lowest BCUT2D eigenvalue weighted by atomic mass is 10.1. The Balaban J connectivity index is 1.57. The molecule has 0 bridgehead atoms. The molecule has 2 unspecified atom stereocenters. The summed E-state index contributed by atoms with van der Waals surface area (Å²) in [4.78, 5) is 18.2. The van der Waals surface area contributed by atoms with Gasteiger partial charge >= 0.3 is 5.97 Å². The minimum Gasteiger partial charge on any atom is -0.313 e. The third kappa shape index (κ3) is 5.06. The van der Waals surface area contributed by atoms with E-state index in [2.05, 4.69) is 5.16 Å². The van der Waals surface area contributed by atoms with E-state index in [0.717, 1.165) is 21.9 Å². The van der Waals surface area contributed by atoms with Gasteiger partial charge in [-0.15, -0.1) is 0 Å². The lowest BCUT2D eigenvalue weighted by Gasteiger charge is -2.26. The van der Waals surface area contributed by atoms with Crippen LogP contribution in [0.5, 0.6) is 0 Å². The third-order valence-corrected chi connectivity index (χ3v) is 6.31. The lowest BCUT2D eigenvalue weighted by molar-refractivity contribution is 0.0517. The first-order valence-electron chi connectivity index (χ1n) is 10.1. The number of aryl methyl sites for hydroxylation is 1. The first-order chi connectivity index (χ1) is 15.5. The Kier molecular flexibility index (Phi) is 6.66. The molecule has 3 aromatic carbocycles. The van der Waals surface area contributed by atoms with Crippen LogP contribution < -0.4 is 5.01 Å². The zero-order chi connectivity index (χ0) is 22.5. The molecular formula is C25H22FN3O2S. The van der Waals surface area contributed by atoms with Crippen molar-refractivity contribution in [3.63, 3.8) is 0 Å². The van der Waals surface area contributed by atoms with Crippen LogP contribution in [-0.4, -0.2) is 23.3 Å². The number of carbonyl (C=O) groups is 1. The number of nitrogens with zero attached hydrogens (tertiary/aromatic N) is 3. The van der Waals surface area contributed by atoms with E-state index in [1.807, 2.05) is 49.2 Å². The molecule has 1 aliphatic heterocycles. The average Bonchev–Trinajstić information content (AvgIpc) is 3.11. The van der Waals surface area contributed by atoms with Crippen molar-refractivity contribution >= 4 is 35.3 Å². The zero-order valence-corrected chi connectivity index (χ0v) is 18.5. The molecule has 0 N–H and O–H groups in total. The average molecular weight is 448 g/mol. The van der Waals surface area contributed by atoms with Crippen molar-refractivity contribution in [2.24, 2.45) is 16.2 Å². The summed E-state index contributed by atoms with van der Waals surface area (Å²) >= 11 is 1.55. The molecule has 0 aromatic heterocycles. The van der Waals surface area contributed by atoms with Gasteiger partial charge < -0.3 is 4.84 Å². The van der Waals surface area contributed by atoms with E-state index in [-0.39, 0.29) is 17.1 Å². The topological polar surface area (TPSA) is 54.3 Å². The highest BCUT2D eigenvalue weighted by molar-refractivity contribution is 8.00. The van der Waals surface area contributed by atoms with E-state index < -0.39 is 5.97 Å². The molecule has 1 aliphatic rings. The van der Waals surface area contributed by atoms with E-state index in [1.54, 1.807) is 54.4 Å². The van der Waals surface area contributed by atoms with Crippen molar-refractivity contribution in [1.82, 2.24) is 0 Å². The quantitative estimate of drug-likeness (QED) is 0.268. The van der Waals surface area contributed by atoms with Crippen LogP contribution in [-0.2, 0) is 4.84 Å². The molecule has 3 aromatic rings. The standard InChI is InChI=1S/C25H22FN3O2S/c1-17-8-12-21(13-9-17)29-24(32-22-14-10-20(26)11-15-22)23(18(2)28-29)16-27-31-25(30)19-6-4-3-5-7-19/h3-16,23-24H,1-2H3/b27-16+. The van der Waals surface area contributed by atoms with Gasteiger partial charge in [-0.25, -0.2) is 9.18 Å². The van der Waals surface area contributed by atoms with Gasteiger partial charge in [-0.05, 0) is 62.4 Å². The summed E-state index contributed by atoms with van der Waals surface area (Å²) in [5.74, 6) is -1.02. The van der Waals surface area contributed by atoms with Gasteiger partial charge in [-0.1, -0.05) is 52.8 Å². The summed E-state index contributed by atoms with van der Waals surface area (Å²) in [6.45, 7) is 3.95. The molecule has 0 aliphatic carbocycles. The zero-order valence-electron chi connectivity index (χ0n) is 17.7. The molecule has 1 heterocycles. The number of halogens is 1. The highest BCUT2D eigenvalue weighted by atomic mass is 32.2. The van der Waals surface area contributed by atoms with Gasteiger partial charge in [-0.3, -0.25) is 5.01 Å². The van der Waals surface area contributed by atoms with E-state index in [1.165, 1.54) is 12.1 Å². The fourth-order valence-electron chi connectivity index (χ4n) is 3.28. The number of rotatable bonds is 6. The molecule has 0 spiro atoms. The van der Waals surface area contributed by atoms with Gasteiger partial charge in [0.05, 0.1) is 23.4 Å². The Bertz CT molecular complexity index is 1130. The third-order valence-electron chi connectivity index (χ3n) is 5.03. The minimum absolute atomic E-state index is 0.178. The van der Waals surface area contributed by atoms with Gasteiger partial charge in [0, 0.05) is 10.6 Å². The van der Waals surface area contributed by atoms with Crippen molar-refractivity contribution in [1.29, 1.82) is 0 Å². The number of thioether (sulfide) groups is 1. The first kappa shape index (κ1) is 21.8. The lowest BCUT2D eigenvalue weighted by Crippen LogP contribution is -2.31. The fourth-order valence-corrected chi connectivity index (χ4v) is 4.54. The van der Waals surface area contributed by atoms with Gasteiger partial charge in [0.25, 0.3) is 0 Å². The van der Waals surface area contributed by atoms with E-state index in [0.29, 0.717) is 5.56 Å². The Morgan fingerprint density at radius 2 is 1.72 bits per heavy atom. The number of benzene rings is 3. The second-order valence-electron chi connectivity index (χ2n) is 7.41. The monoisotopic (exact) mass is 447 g/mol. The number of hydrogen-bond acceptors (Lipinski definition) is 6. The van der Waals surface area contributed by atoms with Crippen molar-refractivity contribution in [3.05, 3.63) is 95.8 Å². The molecule has 0 fully saturated rings. The second kappa shape index (κ2) is 9.78. The van der Waals surface area contributed by atoms with E-state index in [4.69, 9.17) is 9.94 Å². The highest BCUT2D eigenvalue weighted by Gasteiger charge is 2.36. The predicted molar refractivity (Wildman–Crippen MR) is 127 cm³/mol. The molecule has 7 heteroatoms. The summed E-state index contributed by atoms with van der Waals surface area (Å²) < 4.78 is 13.4. The van der Waals surface area contributed by atoms with E-state index in [9.17, 15) is 9.18 Å². The number of carbonyl (C=O) groups excluding carboxylic acids is 1. The summed E-state index contributed by atoms with van der Waals surface area (Å²) in [5, 5.41) is 10.5. The van der Waals surface area contributed by atoms with Gasteiger partial charge in [0.15, 0.2) is 0 Å². The SMILES string of the molecule is CC1=NN(c2ccc(C)cc2)C(Sc2ccc(F)cc2)C1/C=N/OC(=O)c1ccccc1. The van der Waals surface area contributed by atoms with Crippen LogP contribution in [0.3, 0.4) is 0 Å². The maximum atomic E-state index is 13.4. The molecule has 5 nitrogen and oxygen atoms in total. The predicted octanol–water partition coefficient (Wildman–Crippen LogP) is 5.91. The number of hydrazone groups is 1. The summed E-state index contributed by atoms with van der Waals surface area (Å²) in [6, 6.07) is 23.2. The fraction of sp³-hybridized carbons (Fsp3) is 0.160. The molecule has 162 valence electrons. The number of oxime groups is 1. The van der Waals surface area contributed by atoms with Gasteiger partial charge in [-0.2, -0.15) is 5.10 Å². The smallest absolute Gasteiger partial charge is 0.313 e. The Hall–Kier alpha value is -3.45. The summed E-state index contributed by atoms with van der Waals surface area (Å²) in [6.07, 6.45) is 1.61. The normalized spacial score (nSPS) is 18.1. The second-order valence-corrected chi connectivity index (χ2v) is 8.60. The van der Waals surface area contributed by atoms with E-state index >= 15 is 0 Å². The summed E-state index contributed by atoms with van der Waals surface area (Å²) in [7, 11) is 0. The van der Waals surface area contributed by atoms with Crippen molar-refractivity contribution in [2.75, 3.05) is 5.01 Å². The van der Waals surface area contributed by atoms with Crippen LogP contribution in [0.25, 0.3) is 0 Å². The van der Waals surface area contributed by atoms with Crippen LogP contribution >= 0.6 is 11.8 Å². The Morgan fingerprint density at radius 1 is 1.03 bits per heavy atom. The van der Waals surface area contributed by atoms with Crippen LogP contribution in [0.1, 0.15) is 22.8 Å². The molecule has 0 amide bonds. The molecule has 0 saturated heterocycles. The first-order valence-corrected chi connectivity index (χ1v) is 11.0. The van der Waals surface area contributed by atoms with Crippen molar-refractivity contribution in [2.45, 2.75) is 24.1 Å². The summed E-state index contributed by atoms with van der Waals surface area (Å²) in [5.41, 5.74) is 3.36. The van der Waals surface area contributed by atoms with Gasteiger partial charge in [0.2, 0.25) is 0 Å². The maximum Gasteiger partial charge on any atom is 0.365 e. The number of hydrogen-bond donors (Lipinski definition) is 0. The van der Waals surface area contributed by atoms with Crippen molar-refractivity contribution in [3.8, 4) is 0 Å². The molecule has 32 heavy (non-hydrogen) atoms. The molecule has 2 atom stereocenters. The molecule has 0 radical (unpaired) electrons. The largest absolute Gasteiger partial charge is 0.365 e. The number of anilines is 1. The maximum absolute atomic E-state index is 13.4. The van der Waals surface area contributed by atoms with Gasteiger partial charge in [0.1, 0.15) is 11.2 Å². The molecule has 0 saturated carbocycles. The molecule has 4 rings (SSSR count). The molecular weight excluding hydrogens is 425 g/mol. The minimum atomic E-state index is -0.521. The van der Waals surface area contributed by atoms with Crippen LogP contribution in [0, 0.1) is 18.7 Å². The van der Waals surface area contributed by atoms with Crippen LogP contribution in [0.15, 0.2) is 94.0 Å². The van der Waals surface area contributed by atoms with Crippen LogP contribution in [0.4, 0.5) is 10.1 Å². The Morgan fingerprint density at radius 3 is 2.41 bits per heavy atom. The van der Waals surface area contributed by atoms with Crippen LogP contribution in [0.2, 0.25) is 0 Å². The van der Waals surface area contributed by atoms with Crippen molar-refractivity contribution < 1.29 is 14.0 Å². The highest BCUT2D eigenvalue weighted by Crippen LogP contribution is 2.38.